The van der Waals surface area contributed by atoms with E-state index in [1.165, 1.54) is 11.8 Å². The highest BCUT2D eigenvalue weighted by Crippen LogP contribution is 2.14. The largest absolute Gasteiger partial charge is 0.464 e. The fourth-order valence-corrected chi connectivity index (χ4v) is 2.34. The van der Waals surface area contributed by atoms with Crippen LogP contribution in [0.5, 0.6) is 0 Å². The molecule has 8 heteroatoms. The van der Waals surface area contributed by atoms with Crippen LogP contribution in [0.3, 0.4) is 0 Å². The fourth-order valence-electron chi connectivity index (χ4n) is 2.34. The molecule has 1 atom stereocenters. The zero-order valence-corrected chi connectivity index (χ0v) is 12.0. The average Bonchev–Trinajstić information content (AvgIpc) is 2.81. The van der Waals surface area contributed by atoms with Gasteiger partial charge in [0.25, 0.3) is 0 Å². The molecule has 0 radical (unpaired) electrons. The highest BCUT2D eigenvalue weighted by molar-refractivity contribution is 5.88. The summed E-state index contributed by atoms with van der Waals surface area (Å²) in [5.41, 5.74) is 0. The van der Waals surface area contributed by atoms with E-state index in [2.05, 4.69) is 5.32 Å². The van der Waals surface area contributed by atoms with Crippen LogP contribution in [0.2, 0.25) is 0 Å². The Morgan fingerprint density at radius 3 is 2.76 bits per heavy atom. The summed E-state index contributed by atoms with van der Waals surface area (Å²) in [6.07, 6.45) is 0.968. The van der Waals surface area contributed by atoms with Gasteiger partial charge >= 0.3 is 12.1 Å². The zero-order valence-electron chi connectivity index (χ0n) is 12.0. The molecular weight excluding hydrogens is 280 g/mol. The van der Waals surface area contributed by atoms with Gasteiger partial charge in [-0.05, 0) is 12.8 Å². The maximum absolute atomic E-state index is 12.2. The Morgan fingerprint density at radius 1 is 1.38 bits per heavy atom. The van der Waals surface area contributed by atoms with Crippen molar-refractivity contribution in [2.75, 3.05) is 33.0 Å². The van der Waals surface area contributed by atoms with E-state index in [-0.39, 0.29) is 31.7 Å². The van der Waals surface area contributed by atoms with E-state index in [9.17, 15) is 14.4 Å². The number of carbonyl (C=O) groups excluding carboxylic acids is 3. The first-order valence-corrected chi connectivity index (χ1v) is 7.03. The third-order valence-corrected chi connectivity index (χ3v) is 3.48. The van der Waals surface area contributed by atoms with Crippen LogP contribution in [0.4, 0.5) is 4.79 Å². The number of carbonyl (C=O) groups is 3. The monoisotopic (exact) mass is 300 g/mol. The van der Waals surface area contributed by atoms with Gasteiger partial charge in [0.05, 0.1) is 6.54 Å². The van der Waals surface area contributed by atoms with Gasteiger partial charge in [0, 0.05) is 26.2 Å². The number of nitrogens with zero attached hydrogens (tertiary/aromatic N) is 1. The summed E-state index contributed by atoms with van der Waals surface area (Å²) in [6.45, 7) is 2.75. The van der Waals surface area contributed by atoms with Crippen molar-refractivity contribution in [3.63, 3.8) is 0 Å². The molecular formula is C13H20N2O6. The van der Waals surface area contributed by atoms with Crippen molar-refractivity contribution in [1.82, 2.24) is 10.2 Å². The average molecular weight is 300 g/mol. The number of nitrogens with one attached hydrogen (secondary N) is 1. The van der Waals surface area contributed by atoms with Crippen LogP contribution in [0.15, 0.2) is 0 Å². The number of hydrogen-bond donors (Lipinski definition) is 1. The second-order valence-corrected chi connectivity index (χ2v) is 5.02. The number of esters is 1. The minimum atomic E-state index is -0.670. The van der Waals surface area contributed by atoms with E-state index in [4.69, 9.17) is 14.2 Å². The maximum atomic E-state index is 12.2. The number of hydrogen-bond acceptors (Lipinski definition) is 6. The lowest BCUT2D eigenvalue weighted by Gasteiger charge is -2.26. The van der Waals surface area contributed by atoms with Crippen molar-refractivity contribution in [1.29, 1.82) is 0 Å². The van der Waals surface area contributed by atoms with Crippen LogP contribution in [0, 0.1) is 0 Å². The molecule has 2 aliphatic rings. The summed E-state index contributed by atoms with van der Waals surface area (Å²) < 4.78 is 14.9. The molecule has 2 heterocycles. The van der Waals surface area contributed by atoms with Gasteiger partial charge in [0.15, 0.2) is 0 Å². The summed E-state index contributed by atoms with van der Waals surface area (Å²) in [7, 11) is 0. The summed E-state index contributed by atoms with van der Waals surface area (Å²) >= 11 is 0. The summed E-state index contributed by atoms with van der Waals surface area (Å²) in [6, 6.07) is -0.604. The van der Waals surface area contributed by atoms with E-state index < -0.39 is 18.1 Å². The lowest BCUT2D eigenvalue weighted by atomic mass is 10.1. The molecule has 0 unspecified atom stereocenters. The molecule has 8 nitrogen and oxygen atoms in total. The first-order valence-electron chi connectivity index (χ1n) is 7.03. The Labute approximate surface area is 122 Å². The summed E-state index contributed by atoms with van der Waals surface area (Å²) in [5.74, 6) is -0.665. The van der Waals surface area contributed by atoms with Gasteiger partial charge < -0.3 is 19.5 Å². The molecule has 2 saturated heterocycles. The normalized spacial score (nSPS) is 22.8. The van der Waals surface area contributed by atoms with Crippen molar-refractivity contribution in [2.24, 2.45) is 0 Å². The molecule has 0 saturated carbocycles. The SMILES string of the molecule is CC(=O)OCCN1C(=O)OC[C@H]1C(=O)NC1CCOCC1. The van der Waals surface area contributed by atoms with Gasteiger partial charge in [-0.15, -0.1) is 0 Å². The third-order valence-electron chi connectivity index (χ3n) is 3.48. The second kappa shape index (κ2) is 7.26. The molecule has 2 amide bonds. The quantitative estimate of drug-likeness (QED) is 0.698. The van der Waals surface area contributed by atoms with E-state index in [1.807, 2.05) is 0 Å². The van der Waals surface area contributed by atoms with E-state index in [0.717, 1.165) is 12.8 Å². The number of cyclic esters (lactones) is 1. The number of amides is 2. The molecule has 0 aromatic heterocycles. The van der Waals surface area contributed by atoms with Gasteiger partial charge in [-0.25, -0.2) is 4.79 Å². The molecule has 1 N–H and O–H groups in total. The Kier molecular flexibility index (Phi) is 5.38. The predicted octanol–water partition coefficient (Wildman–Crippen LogP) is -0.334. The Bertz CT molecular complexity index is 407. The first kappa shape index (κ1) is 15.6. The molecule has 2 rings (SSSR count). The molecule has 21 heavy (non-hydrogen) atoms. The lowest BCUT2D eigenvalue weighted by Crippen LogP contribution is -2.50. The Hall–Kier alpha value is -1.83. The molecule has 2 fully saturated rings. The van der Waals surface area contributed by atoms with Gasteiger partial charge in [0.1, 0.15) is 19.3 Å². The topological polar surface area (TPSA) is 94.2 Å². The van der Waals surface area contributed by atoms with Crippen molar-refractivity contribution in [3.8, 4) is 0 Å². The van der Waals surface area contributed by atoms with E-state index in [0.29, 0.717) is 13.2 Å². The van der Waals surface area contributed by atoms with Crippen molar-refractivity contribution < 1.29 is 28.6 Å². The molecule has 0 bridgehead atoms. The number of rotatable bonds is 5. The first-order chi connectivity index (χ1) is 10.1. The highest BCUT2D eigenvalue weighted by atomic mass is 16.6. The number of ether oxygens (including phenoxy) is 3. The standard InChI is InChI=1S/C13H20N2O6/c1-9(16)20-7-4-15-11(8-21-13(15)18)12(17)14-10-2-5-19-6-3-10/h10-11H,2-8H2,1H3,(H,14,17)/t11-/m0/s1. The van der Waals surface area contributed by atoms with Crippen LogP contribution in [0.25, 0.3) is 0 Å². The van der Waals surface area contributed by atoms with Crippen molar-refractivity contribution in [3.05, 3.63) is 0 Å². The van der Waals surface area contributed by atoms with Crippen molar-refractivity contribution >= 4 is 18.0 Å². The lowest BCUT2D eigenvalue weighted by molar-refractivity contribution is -0.141. The zero-order chi connectivity index (χ0) is 15.2. The summed E-state index contributed by atoms with van der Waals surface area (Å²) in [4.78, 5) is 35.9. The molecule has 0 spiro atoms. The predicted molar refractivity (Wildman–Crippen MR) is 70.5 cm³/mol. The smallest absolute Gasteiger partial charge is 0.410 e. The van der Waals surface area contributed by atoms with Crippen LogP contribution in [0.1, 0.15) is 19.8 Å². The Morgan fingerprint density at radius 2 is 2.10 bits per heavy atom. The molecule has 2 aliphatic heterocycles. The molecule has 0 aromatic carbocycles. The molecule has 118 valence electrons. The molecule has 0 aliphatic carbocycles. The van der Waals surface area contributed by atoms with Crippen LogP contribution in [-0.2, 0) is 23.8 Å². The van der Waals surface area contributed by atoms with Crippen LogP contribution in [-0.4, -0.2) is 67.9 Å². The van der Waals surface area contributed by atoms with Gasteiger partial charge in [-0.1, -0.05) is 0 Å². The van der Waals surface area contributed by atoms with Crippen LogP contribution < -0.4 is 5.32 Å². The van der Waals surface area contributed by atoms with Gasteiger partial charge in [-0.2, -0.15) is 0 Å². The summed E-state index contributed by atoms with van der Waals surface area (Å²) in [5, 5.41) is 2.91. The Balaban J connectivity index is 1.85. The van der Waals surface area contributed by atoms with Crippen LogP contribution >= 0.6 is 0 Å². The minimum absolute atomic E-state index is 0.0218. The second-order valence-electron chi connectivity index (χ2n) is 5.02. The fraction of sp³-hybridized carbons (Fsp3) is 0.769. The third kappa shape index (κ3) is 4.32. The van der Waals surface area contributed by atoms with E-state index in [1.54, 1.807) is 0 Å². The van der Waals surface area contributed by atoms with Crippen molar-refractivity contribution in [2.45, 2.75) is 31.8 Å². The minimum Gasteiger partial charge on any atom is -0.464 e. The van der Waals surface area contributed by atoms with Gasteiger partial charge in [0.2, 0.25) is 5.91 Å². The maximum Gasteiger partial charge on any atom is 0.410 e. The van der Waals surface area contributed by atoms with Gasteiger partial charge in [-0.3, -0.25) is 14.5 Å². The van der Waals surface area contributed by atoms with E-state index >= 15 is 0 Å². The highest BCUT2D eigenvalue weighted by Gasteiger charge is 2.38. The molecule has 0 aromatic rings.